The Balaban J connectivity index is 1.80. The number of benzene rings is 1. The molecule has 1 aliphatic heterocycles. The van der Waals surface area contributed by atoms with E-state index in [4.69, 9.17) is 9.47 Å². The predicted molar refractivity (Wildman–Crippen MR) is 96.0 cm³/mol. The molecule has 4 nitrogen and oxygen atoms in total. The van der Waals surface area contributed by atoms with Gasteiger partial charge in [-0.25, -0.2) is 13.6 Å². The SMILES string of the molecule is CCCCC1CC2(CCC1(F)F)CN(c1ccccc1OCC)C(=O)O2. The Morgan fingerprint density at radius 1 is 1.27 bits per heavy atom. The maximum Gasteiger partial charge on any atom is 0.415 e. The van der Waals surface area contributed by atoms with Crippen LogP contribution in [0.4, 0.5) is 19.3 Å². The van der Waals surface area contributed by atoms with Crippen LogP contribution in [0.1, 0.15) is 52.4 Å². The summed E-state index contributed by atoms with van der Waals surface area (Å²) in [5.74, 6) is -2.80. The smallest absolute Gasteiger partial charge is 0.415 e. The number of carbonyl (C=O) groups excluding carboxylic acids is 1. The van der Waals surface area contributed by atoms with Crippen molar-refractivity contribution in [3.8, 4) is 5.75 Å². The van der Waals surface area contributed by atoms with Crippen molar-refractivity contribution in [2.24, 2.45) is 5.92 Å². The first-order valence-electron chi connectivity index (χ1n) is 9.51. The normalized spacial score (nSPS) is 27.6. The molecule has 0 radical (unpaired) electrons. The van der Waals surface area contributed by atoms with Gasteiger partial charge in [-0.3, -0.25) is 4.90 Å². The van der Waals surface area contributed by atoms with E-state index < -0.39 is 23.5 Å². The molecule has 2 fully saturated rings. The molecular weight excluding hydrogens is 340 g/mol. The minimum absolute atomic E-state index is 0.196. The van der Waals surface area contributed by atoms with Crippen LogP contribution in [-0.4, -0.2) is 30.8 Å². The van der Waals surface area contributed by atoms with Gasteiger partial charge >= 0.3 is 6.09 Å². The van der Waals surface area contributed by atoms with Gasteiger partial charge in [0.15, 0.2) is 0 Å². The molecule has 2 atom stereocenters. The largest absolute Gasteiger partial charge is 0.492 e. The quantitative estimate of drug-likeness (QED) is 0.675. The molecule has 144 valence electrons. The number of rotatable bonds is 6. The van der Waals surface area contributed by atoms with Crippen LogP contribution in [0.3, 0.4) is 0 Å². The number of hydrogen-bond acceptors (Lipinski definition) is 3. The van der Waals surface area contributed by atoms with E-state index in [1.165, 1.54) is 4.90 Å². The topological polar surface area (TPSA) is 38.8 Å². The second-order valence-electron chi connectivity index (χ2n) is 7.34. The lowest BCUT2D eigenvalue weighted by Gasteiger charge is -2.40. The average Bonchev–Trinajstić information content (AvgIpc) is 2.93. The van der Waals surface area contributed by atoms with Crippen molar-refractivity contribution in [1.29, 1.82) is 0 Å². The van der Waals surface area contributed by atoms with Gasteiger partial charge in [0.2, 0.25) is 0 Å². The Bertz CT molecular complexity index is 652. The highest BCUT2D eigenvalue weighted by Crippen LogP contribution is 2.49. The van der Waals surface area contributed by atoms with Gasteiger partial charge in [0.1, 0.15) is 11.4 Å². The van der Waals surface area contributed by atoms with Gasteiger partial charge in [0.05, 0.1) is 18.8 Å². The predicted octanol–water partition coefficient (Wildman–Crippen LogP) is 5.41. The zero-order valence-corrected chi connectivity index (χ0v) is 15.5. The molecule has 1 spiro atoms. The molecule has 1 aliphatic carbocycles. The van der Waals surface area contributed by atoms with E-state index in [2.05, 4.69) is 0 Å². The highest BCUT2D eigenvalue weighted by Gasteiger charge is 2.56. The van der Waals surface area contributed by atoms with Crippen molar-refractivity contribution >= 4 is 11.8 Å². The third kappa shape index (κ3) is 3.64. The number of ether oxygens (including phenoxy) is 2. The molecule has 0 aromatic heterocycles. The van der Waals surface area contributed by atoms with Crippen molar-refractivity contribution in [2.75, 3.05) is 18.1 Å². The van der Waals surface area contributed by atoms with Crippen LogP contribution in [0, 0.1) is 5.92 Å². The zero-order valence-electron chi connectivity index (χ0n) is 15.5. The van der Waals surface area contributed by atoms with Crippen molar-refractivity contribution < 1.29 is 23.0 Å². The summed E-state index contributed by atoms with van der Waals surface area (Å²) < 4.78 is 40.0. The molecule has 0 N–H and O–H groups in total. The fourth-order valence-electron chi connectivity index (χ4n) is 4.07. The molecule has 1 saturated carbocycles. The van der Waals surface area contributed by atoms with E-state index >= 15 is 0 Å². The lowest BCUT2D eigenvalue weighted by atomic mass is 9.73. The number of unbranched alkanes of at least 4 members (excludes halogenated alkanes) is 1. The number of halogens is 2. The number of carbonyl (C=O) groups is 1. The van der Waals surface area contributed by atoms with Crippen LogP contribution in [0.15, 0.2) is 24.3 Å². The zero-order chi connectivity index (χ0) is 18.8. The van der Waals surface area contributed by atoms with Crippen molar-refractivity contribution in [3.05, 3.63) is 24.3 Å². The molecule has 1 aromatic carbocycles. The van der Waals surface area contributed by atoms with Crippen LogP contribution in [0.5, 0.6) is 5.75 Å². The molecular formula is C20H27F2NO3. The number of para-hydroxylation sites is 2. The third-order valence-corrected chi connectivity index (χ3v) is 5.46. The number of alkyl halides is 2. The first-order chi connectivity index (χ1) is 12.4. The Morgan fingerprint density at radius 2 is 2.04 bits per heavy atom. The van der Waals surface area contributed by atoms with E-state index in [1.807, 2.05) is 26.0 Å². The summed E-state index contributed by atoms with van der Waals surface area (Å²) in [4.78, 5) is 14.1. The summed E-state index contributed by atoms with van der Waals surface area (Å²) in [6.07, 6.45) is 1.83. The van der Waals surface area contributed by atoms with Crippen LogP contribution in [0.25, 0.3) is 0 Å². The minimum atomic E-state index is -2.68. The summed E-state index contributed by atoms with van der Waals surface area (Å²) >= 11 is 0. The van der Waals surface area contributed by atoms with E-state index in [9.17, 15) is 13.6 Å². The van der Waals surface area contributed by atoms with Crippen LogP contribution < -0.4 is 9.64 Å². The summed E-state index contributed by atoms with van der Waals surface area (Å²) in [5.41, 5.74) is -0.185. The highest BCUT2D eigenvalue weighted by molar-refractivity contribution is 5.92. The van der Waals surface area contributed by atoms with Gasteiger partial charge in [0.25, 0.3) is 5.92 Å². The second-order valence-corrected chi connectivity index (χ2v) is 7.34. The number of anilines is 1. The summed E-state index contributed by atoms with van der Waals surface area (Å²) in [5, 5.41) is 0. The molecule has 1 aromatic rings. The van der Waals surface area contributed by atoms with Gasteiger partial charge in [-0.2, -0.15) is 0 Å². The number of amides is 1. The number of nitrogens with zero attached hydrogens (tertiary/aromatic N) is 1. The fraction of sp³-hybridized carbons (Fsp3) is 0.650. The molecule has 3 rings (SSSR count). The molecule has 6 heteroatoms. The van der Waals surface area contributed by atoms with Gasteiger partial charge in [0, 0.05) is 12.3 Å². The maximum absolute atomic E-state index is 14.3. The molecule has 2 aliphatic rings. The Labute approximate surface area is 153 Å². The summed E-state index contributed by atoms with van der Waals surface area (Å²) in [6, 6.07) is 7.27. The van der Waals surface area contributed by atoms with E-state index in [0.29, 0.717) is 31.0 Å². The summed E-state index contributed by atoms with van der Waals surface area (Å²) in [7, 11) is 0. The van der Waals surface area contributed by atoms with E-state index in [1.54, 1.807) is 12.1 Å². The summed E-state index contributed by atoms with van der Waals surface area (Å²) in [6.45, 7) is 4.66. The minimum Gasteiger partial charge on any atom is -0.492 e. The lowest BCUT2D eigenvalue weighted by Crippen LogP contribution is -2.47. The monoisotopic (exact) mass is 367 g/mol. The van der Waals surface area contributed by atoms with Crippen LogP contribution >= 0.6 is 0 Å². The Hall–Kier alpha value is -1.85. The van der Waals surface area contributed by atoms with Crippen LogP contribution in [-0.2, 0) is 4.74 Å². The van der Waals surface area contributed by atoms with Crippen molar-refractivity contribution in [1.82, 2.24) is 0 Å². The van der Waals surface area contributed by atoms with E-state index in [0.717, 1.165) is 12.8 Å². The van der Waals surface area contributed by atoms with Gasteiger partial charge in [-0.05, 0) is 38.3 Å². The first-order valence-corrected chi connectivity index (χ1v) is 9.51. The second kappa shape index (κ2) is 7.41. The third-order valence-electron chi connectivity index (χ3n) is 5.46. The average molecular weight is 367 g/mol. The lowest BCUT2D eigenvalue weighted by molar-refractivity contribution is -0.137. The van der Waals surface area contributed by atoms with Gasteiger partial charge < -0.3 is 9.47 Å². The molecule has 0 bridgehead atoms. The molecule has 1 amide bonds. The van der Waals surface area contributed by atoms with Gasteiger partial charge in [-0.15, -0.1) is 0 Å². The van der Waals surface area contributed by atoms with E-state index in [-0.39, 0.29) is 19.3 Å². The standard InChI is InChI=1S/C20H27F2NO3/c1-3-5-8-15-13-19(11-12-20(15,21)22)14-23(18(24)26-19)16-9-6-7-10-17(16)25-4-2/h6-7,9-10,15H,3-5,8,11-14H2,1-2H3. The van der Waals surface area contributed by atoms with Gasteiger partial charge in [-0.1, -0.05) is 31.9 Å². The fourth-order valence-corrected chi connectivity index (χ4v) is 4.07. The number of hydrogen-bond donors (Lipinski definition) is 0. The Morgan fingerprint density at radius 3 is 2.77 bits per heavy atom. The Kier molecular flexibility index (Phi) is 5.39. The van der Waals surface area contributed by atoms with Crippen LogP contribution in [0.2, 0.25) is 0 Å². The maximum atomic E-state index is 14.3. The van der Waals surface area contributed by atoms with Crippen molar-refractivity contribution in [2.45, 2.75) is 63.9 Å². The molecule has 1 saturated heterocycles. The first kappa shape index (κ1) is 18.9. The molecule has 1 heterocycles. The molecule has 2 unspecified atom stereocenters. The molecule has 26 heavy (non-hydrogen) atoms. The highest BCUT2D eigenvalue weighted by atomic mass is 19.3. The van der Waals surface area contributed by atoms with Crippen molar-refractivity contribution in [3.63, 3.8) is 0 Å².